The summed E-state index contributed by atoms with van der Waals surface area (Å²) in [5.41, 5.74) is 2.16. The molecule has 3 heterocycles. The molecule has 1 amide bonds. The van der Waals surface area contributed by atoms with Crippen LogP contribution in [0.5, 0.6) is 11.5 Å². The number of hydrogen-bond acceptors (Lipinski definition) is 8. The van der Waals surface area contributed by atoms with Crippen LogP contribution in [0.25, 0.3) is 11.3 Å². The fraction of sp³-hybridized carbons (Fsp3) is 0.320. The Balaban J connectivity index is 1.21. The predicted octanol–water partition coefficient (Wildman–Crippen LogP) is 2.98. The van der Waals surface area contributed by atoms with Gasteiger partial charge in [0.25, 0.3) is 0 Å². The number of nitrogens with zero attached hydrogens (tertiary/aromatic N) is 4. The molecule has 36 heavy (non-hydrogen) atoms. The number of aromatic nitrogens is 2. The van der Waals surface area contributed by atoms with Crippen molar-refractivity contribution in [1.82, 2.24) is 14.5 Å². The molecule has 5 rings (SSSR count). The first kappa shape index (κ1) is 24.0. The second-order valence-corrected chi connectivity index (χ2v) is 10.8. The SMILES string of the molecule is CC(C)C(=O)Nc1ccc(S(=O)(=O)N2CCN(c3ccc(-c4ccc5c(c4)OCO5)nn3)CC2)cc1. The van der Waals surface area contributed by atoms with Crippen LogP contribution in [0.15, 0.2) is 59.5 Å². The van der Waals surface area contributed by atoms with Crippen LogP contribution >= 0.6 is 0 Å². The van der Waals surface area contributed by atoms with Crippen molar-refractivity contribution in [2.75, 3.05) is 43.2 Å². The number of amides is 1. The zero-order valence-electron chi connectivity index (χ0n) is 20.0. The van der Waals surface area contributed by atoms with Gasteiger partial charge < -0.3 is 19.7 Å². The Labute approximate surface area is 209 Å². The Bertz CT molecular complexity index is 1350. The second kappa shape index (κ2) is 9.75. The molecule has 0 spiro atoms. The van der Waals surface area contributed by atoms with Gasteiger partial charge in [-0.1, -0.05) is 13.8 Å². The highest BCUT2D eigenvalue weighted by Gasteiger charge is 2.29. The van der Waals surface area contributed by atoms with Crippen molar-refractivity contribution in [3.05, 3.63) is 54.6 Å². The van der Waals surface area contributed by atoms with Gasteiger partial charge in [0, 0.05) is 43.3 Å². The largest absolute Gasteiger partial charge is 0.454 e. The van der Waals surface area contributed by atoms with Crippen LogP contribution in [0, 0.1) is 5.92 Å². The third-order valence-electron chi connectivity index (χ3n) is 6.17. The third kappa shape index (κ3) is 4.84. The molecule has 10 nitrogen and oxygen atoms in total. The van der Waals surface area contributed by atoms with Crippen LogP contribution in [0.2, 0.25) is 0 Å². The Morgan fingerprint density at radius 3 is 2.31 bits per heavy atom. The highest BCUT2D eigenvalue weighted by molar-refractivity contribution is 7.89. The van der Waals surface area contributed by atoms with Crippen molar-refractivity contribution >= 4 is 27.4 Å². The standard InChI is InChI=1S/C25H27N5O5S/c1-17(2)25(31)26-19-4-6-20(7-5-19)36(32,33)30-13-11-29(12-14-30)24-10-8-21(27-28-24)18-3-9-22-23(15-18)35-16-34-22/h3-10,15,17H,11-14,16H2,1-2H3,(H,26,31). The van der Waals surface area contributed by atoms with E-state index in [0.717, 1.165) is 5.56 Å². The summed E-state index contributed by atoms with van der Waals surface area (Å²) in [6.07, 6.45) is 0. The van der Waals surface area contributed by atoms with Gasteiger partial charge in [0.1, 0.15) is 0 Å². The fourth-order valence-corrected chi connectivity index (χ4v) is 5.43. The average Bonchev–Trinajstić information content (AvgIpc) is 3.37. The molecule has 1 saturated heterocycles. The number of fused-ring (bicyclic) bond motifs is 1. The maximum atomic E-state index is 13.1. The number of nitrogens with one attached hydrogen (secondary N) is 1. The van der Waals surface area contributed by atoms with E-state index in [9.17, 15) is 13.2 Å². The predicted molar refractivity (Wildman–Crippen MR) is 134 cm³/mol. The molecule has 0 bridgehead atoms. The molecule has 0 radical (unpaired) electrons. The molecular formula is C25H27N5O5S. The smallest absolute Gasteiger partial charge is 0.243 e. The van der Waals surface area contributed by atoms with Gasteiger partial charge in [-0.15, -0.1) is 10.2 Å². The number of piperazine rings is 1. The van der Waals surface area contributed by atoms with E-state index in [1.807, 2.05) is 35.2 Å². The van der Waals surface area contributed by atoms with Crippen LogP contribution in [-0.2, 0) is 14.8 Å². The van der Waals surface area contributed by atoms with Crippen LogP contribution in [-0.4, -0.2) is 61.8 Å². The number of carbonyl (C=O) groups excluding carboxylic acids is 1. The van der Waals surface area contributed by atoms with Gasteiger partial charge in [0.15, 0.2) is 17.3 Å². The number of rotatable bonds is 6. The van der Waals surface area contributed by atoms with Crippen molar-refractivity contribution in [3.8, 4) is 22.8 Å². The minimum absolute atomic E-state index is 0.117. The molecule has 2 aliphatic heterocycles. The Morgan fingerprint density at radius 2 is 1.64 bits per heavy atom. The molecule has 0 unspecified atom stereocenters. The van der Waals surface area contributed by atoms with Crippen molar-refractivity contribution in [2.45, 2.75) is 18.7 Å². The molecule has 1 aromatic heterocycles. The van der Waals surface area contributed by atoms with E-state index in [1.54, 1.807) is 26.0 Å². The van der Waals surface area contributed by atoms with Crippen LogP contribution in [0.3, 0.4) is 0 Å². The highest BCUT2D eigenvalue weighted by atomic mass is 32.2. The minimum atomic E-state index is -3.64. The zero-order chi connectivity index (χ0) is 25.3. The molecule has 2 aliphatic rings. The molecule has 0 saturated carbocycles. The number of ether oxygens (including phenoxy) is 2. The normalized spacial score (nSPS) is 15.8. The zero-order valence-corrected chi connectivity index (χ0v) is 20.9. The van der Waals surface area contributed by atoms with E-state index in [-0.39, 0.29) is 23.5 Å². The number of hydrogen-bond donors (Lipinski definition) is 1. The molecule has 11 heteroatoms. The summed E-state index contributed by atoms with van der Waals surface area (Å²) in [6.45, 7) is 5.48. The molecule has 1 N–H and O–H groups in total. The Hall–Kier alpha value is -3.70. The van der Waals surface area contributed by atoms with Gasteiger partial charge in [0.2, 0.25) is 22.7 Å². The van der Waals surface area contributed by atoms with Crippen LogP contribution < -0.4 is 19.7 Å². The lowest BCUT2D eigenvalue weighted by molar-refractivity contribution is -0.118. The van der Waals surface area contributed by atoms with Crippen molar-refractivity contribution in [2.24, 2.45) is 5.92 Å². The van der Waals surface area contributed by atoms with E-state index < -0.39 is 10.0 Å². The number of carbonyl (C=O) groups is 1. The topological polar surface area (TPSA) is 114 Å². The van der Waals surface area contributed by atoms with Gasteiger partial charge in [-0.05, 0) is 54.6 Å². The summed E-state index contributed by atoms with van der Waals surface area (Å²) in [6, 6.07) is 15.7. The summed E-state index contributed by atoms with van der Waals surface area (Å²) in [5.74, 6) is 1.82. The summed E-state index contributed by atoms with van der Waals surface area (Å²) in [7, 11) is -3.64. The monoisotopic (exact) mass is 509 g/mol. The van der Waals surface area contributed by atoms with Gasteiger partial charge >= 0.3 is 0 Å². The van der Waals surface area contributed by atoms with Crippen molar-refractivity contribution in [3.63, 3.8) is 0 Å². The van der Waals surface area contributed by atoms with E-state index in [4.69, 9.17) is 9.47 Å². The first-order valence-electron chi connectivity index (χ1n) is 11.7. The fourth-order valence-electron chi connectivity index (χ4n) is 4.01. The lowest BCUT2D eigenvalue weighted by Gasteiger charge is -2.34. The second-order valence-electron chi connectivity index (χ2n) is 8.90. The van der Waals surface area contributed by atoms with Gasteiger partial charge in [-0.2, -0.15) is 4.31 Å². The minimum Gasteiger partial charge on any atom is -0.454 e. The van der Waals surface area contributed by atoms with Crippen molar-refractivity contribution in [1.29, 1.82) is 0 Å². The molecule has 188 valence electrons. The summed E-state index contributed by atoms with van der Waals surface area (Å²) in [5, 5.41) is 11.5. The summed E-state index contributed by atoms with van der Waals surface area (Å²) in [4.78, 5) is 14.1. The van der Waals surface area contributed by atoms with Crippen LogP contribution in [0.1, 0.15) is 13.8 Å². The maximum absolute atomic E-state index is 13.1. The lowest BCUT2D eigenvalue weighted by atomic mass is 10.1. The van der Waals surface area contributed by atoms with Crippen LogP contribution in [0.4, 0.5) is 11.5 Å². The lowest BCUT2D eigenvalue weighted by Crippen LogP contribution is -2.49. The summed E-state index contributed by atoms with van der Waals surface area (Å²) >= 11 is 0. The van der Waals surface area contributed by atoms with Gasteiger partial charge in [-0.25, -0.2) is 8.42 Å². The average molecular weight is 510 g/mol. The maximum Gasteiger partial charge on any atom is 0.243 e. The van der Waals surface area contributed by atoms with Gasteiger partial charge in [-0.3, -0.25) is 4.79 Å². The summed E-state index contributed by atoms with van der Waals surface area (Å²) < 4.78 is 38.5. The number of anilines is 2. The third-order valence-corrected chi connectivity index (χ3v) is 8.08. The molecule has 2 aromatic carbocycles. The molecule has 3 aromatic rings. The highest BCUT2D eigenvalue weighted by Crippen LogP contribution is 2.35. The first-order chi connectivity index (χ1) is 17.3. The van der Waals surface area contributed by atoms with E-state index >= 15 is 0 Å². The molecular weight excluding hydrogens is 482 g/mol. The molecule has 0 aliphatic carbocycles. The molecule has 1 fully saturated rings. The number of sulfonamides is 1. The Morgan fingerprint density at radius 1 is 0.917 bits per heavy atom. The van der Waals surface area contributed by atoms with Gasteiger partial charge in [0.05, 0.1) is 10.6 Å². The van der Waals surface area contributed by atoms with Crippen molar-refractivity contribution < 1.29 is 22.7 Å². The van der Waals surface area contributed by atoms with E-state index in [2.05, 4.69) is 15.5 Å². The quantitative estimate of drug-likeness (QED) is 0.540. The first-order valence-corrected chi connectivity index (χ1v) is 13.1. The Kier molecular flexibility index (Phi) is 6.50. The van der Waals surface area contributed by atoms with E-state index in [1.165, 1.54) is 16.4 Å². The number of benzene rings is 2. The van der Waals surface area contributed by atoms with E-state index in [0.29, 0.717) is 54.9 Å². The molecule has 0 atom stereocenters.